The second-order valence-electron chi connectivity index (χ2n) is 9.49. The number of nitrogens with zero attached hydrogens (tertiary/aromatic N) is 2. The molecule has 0 spiro atoms. The Bertz CT molecular complexity index is 1380. The largest absolute Gasteiger partial charge is 0.466 e. The van der Waals surface area contributed by atoms with E-state index in [1.165, 1.54) is 0 Å². The molecule has 3 aromatic rings. The van der Waals surface area contributed by atoms with Gasteiger partial charge in [-0.05, 0) is 64.3 Å². The number of H-pyrrole nitrogens is 1. The average molecular weight is 541 g/mol. The summed E-state index contributed by atoms with van der Waals surface area (Å²) in [5, 5.41) is 8.74. The van der Waals surface area contributed by atoms with Crippen LogP contribution in [-0.2, 0) is 23.9 Å². The first-order valence-electron chi connectivity index (χ1n) is 13.5. The van der Waals surface area contributed by atoms with Crippen LogP contribution in [0.5, 0.6) is 0 Å². The zero-order valence-electron chi connectivity index (χ0n) is 24.2. The Labute approximate surface area is 229 Å². The lowest BCUT2D eigenvalue weighted by atomic mass is 10.0. The average Bonchev–Trinajstić information content (AvgIpc) is 3.49. The number of nitrogens with one attached hydrogen (secondary N) is 3. The molecule has 0 saturated heterocycles. The molecule has 210 valence electrons. The van der Waals surface area contributed by atoms with E-state index in [0.29, 0.717) is 16.7 Å². The Kier molecular flexibility index (Phi) is 9.35. The number of amides is 2. The molecule has 0 unspecified atom stereocenters. The highest BCUT2D eigenvalue weighted by molar-refractivity contribution is 6.00. The Hall–Kier alpha value is -4.15. The Morgan fingerprint density at radius 1 is 1.10 bits per heavy atom. The number of hydrogen-bond donors (Lipinski definition) is 3. The molecule has 2 heterocycles. The van der Waals surface area contributed by atoms with E-state index in [1.807, 2.05) is 30.5 Å². The first kappa shape index (κ1) is 27.9. The summed E-state index contributed by atoms with van der Waals surface area (Å²) in [6, 6.07) is 5.29. The SMILES string of the molecule is [2H]N(C(=O)c1c(C)nn(-c2ccc3[nH]ccc3c2)c1C)[C@H](C(=O)N[C@@H](CCC(=O)OCC)C(=O)OCC)C(C)C. The molecule has 2 aromatic heterocycles. The van der Waals surface area contributed by atoms with Crippen LogP contribution < -0.4 is 10.6 Å². The number of benzene rings is 1. The van der Waals surface area contributed by atoms with Gasteiger partial charge in [0.1, 0.15) is 12.1 Å². The fourth-order valence-electron chi connectivity index (χ4n) is 4.32. The van der Waals surface area contributed by atoms with Crippen LogP contribution >= 0.6 is 0 Å². The summed E-state index contributed by atoms with van der Waals surface area (Å²) >= 11 is 0. The normalized spacial score (nSPS) is 13.1. The molecule has 0 fully saturated rings. The lowest BCUT2D eigenvalue weighted by molar-refractivity contribution is -0.149. The zero-order chi connectivity index (χ0) is 29.6. The van der Waals surface area contributed by atoms with E-state index in [1.54, 1.807) is 46.2 Å². The molecule has 39 heavy (non-hydrogen) atoms. The topological polar surface area (TPSA) is 144 Å². The second kappa shape index (κ2) is 13.1. The van der Waals surface area contributed by atoms with Gasteiger partial charge in [0.05, 0.1) is 35.9 Å². The van der Waals surface area contributed by atoms with Crippen molar-refractivity contribution in [3.05, 3.63) is 47.4 Å². The van der Waals surface area contributed by atoms with Gasteiger partial charge in [-0.25, -0.2) is 9.48 Å². The molecule has 0 aliphatic heterocycles. The first-order valence-corrected chi connectivity index (χ1v) is 13.1. The van der Waals surface area contributed by atoms with Gasteiger partial charge in [0, 0.05) is 23.5 Å². The van der Waals surface area contributed by atoms with Gasteiger partial charge in [0.25, 0.3) is 5.91 Å². The predicted octanol–water partition coefficient (Wildman–Crippen LogP) is 3.12. The van der Waals surface area contributed by atoms with Crippen molar-refractivity contribution in [3.63, 3.8) is 0 Å². The monoisotopic (exact) mass is 540 g/mol. The van der Waals surface area contributed by atoms with E-state index in [4.69, 9.17) is 10.9 Å². The van der Waals surface area contributed by atoms with Crippen molar-refractivity contribution in [2.24, 2.45) is 5.92 Å². The molecule has 11 heteroatoms. The highest BCUT2D eigenvalue weighted by atomic mass is 16.5. The van der Waals surface area contributed by atoms with Crippen molar-refractivity contribution < 1.29 is 30.1 Å². The molecule has 2 atom stereocenters. The molecular formula is C28H37N5O6. The van der Waals surface area contributed by atoms with Crippen LogP contribution in [0.15, 0.2) is 30.5 Å². The summed E-state index contributed by atoms with van der Waals surface area (Å²) in [6.07, 6.45) is 1.68. The number of rotatable bonds is 12. The van der Waals surface area contributed by atoms with Gasteiger partial charge in [-0.2, -0.15) is 5.10 Å². The molecule has 0 aliphatic rings. The molecular weight excluding hydrogens is 502 g/mol. The molecule has 0 bridgehead atoms. The minimum Gasteiger partial charge on any atom is -0.466 e. The summed E-state index contributed by atoms with van der Waals surface area (Å²) in [6.45, 7) is 10.4. The van der Waals surface area contributed by atoms with Gasteiger partial charge in [-0.1, -0.05) is 13.8 Å². The number of fused-ring (bicyclic) bond motifs is 1. The summed E-state index contributed by atoms with van der Waals surface area (Å²) in [7, 11) is 0. The molecule has 0 radical (unpaired) electrons. The summed E-state index contributed by atoms with van der Waals surface area (Å²) in [4.78, 5) is 54.5. The van der Waals surface area contributed by atoms with Crippen molar-refractivity contribution >= 4 is 34.7 Å². The van der Waals surface area contributed by atoms with Crippen LogP contribution in [-0.4, -0.2) is 63.8 Å². The number of carbonyl (C=O) groups excluding carboxylic acids is 4. The minimum absolute atomic E-state index is 0.0450. The summed E-state index contributed by atoms with van der Waals surface area (Å²) in [5.41, 5.74) is 2.87. The number of aromatic nitrogens is 3. The van der Waals surface area contributed by atoms with Gasteiger partial charge in [0.2, 0.25) is 5.91 Å². The first-order chi connectivity index (χ1) is 19.0. The predicted molar refractivity (Wildman–Crippen MR) is 145 cm³/mol. The molecule has 3 rings (SSSR count). The van der Waals surface area contributed by atoms with Crippen molar-refractivity contribution in [1.29, 1.82) is 0 Å². The maximum Gasteiger partial charge on any atom is 0.328 e. The molecule has 2 amide bonds. The smallest absolute Gasteiger partial charge is 0.328 e. The van der Waals surface area contributed by atoms with E-state index < -0.39 is 41.8 Å². The minimum atomic E-state index is -1.23. The van der Waals surface area contributed by atoms with E-state index in [0.717, 1.165) is 16.6 Å². The maximum atomic E-state index is 13.6. The molecule has 0 saturated carbocycles. The van der Waals surface area contributed by atoms with Gasteiger partial charge in [-0.15, -0.1) is 0 Å². The number of ether oxygens (including phenoxy) is 2. The fourth-order valence-corrected chi connectivity index (χ4v) is 4.32. The Morgan fingerprint density at radius 2 is 1.82 bits per heavy atom. The van der Waals surface area contributed by atoms with E-state index in [2.05, 4.69) is 15.4 Å². The van der Waals surface area contributed by atoms with Crippen molar-refractivity contribution in [2.75, 3.05) is 13.2 Å². The van der Waals surface area contributed by atoms with Crippen LogP contribution in [0.4, 0.5) is 0 Å². The third-order valence-corrected chi connectivity index (χ3v) is 6.27. The number of esters is 2. The lowest BCUT2D eigenvalue weighted by Gasteiger charge is -2.25. The lowest BCUT2D eigenvalue weighted by Crippen LogP contribution is -2.54. The highest BCUT2D eigenvalue weighted by Crippen LogP contribution is 2.22. The Morgan fingerprint density at radius 3 is 2.49 bits per heavy atom. The van der Waals surface area contributed by atoms with Crippen LogP contribution in [0.2, 0.25) is 1.41 Å². The number of hydrogen-bond acceptors (Lipinski definition) is 7. The number of aryl methyl sites for hydroxylation is 1. The van der Waals surface area contributed by atoms with Crippen molar-refractivity contribution in [3.8, 4) is 5.69 Å². The van der Waals surface area contributed by atoms with Crippen LogP contribution in [0.25, 0.3) is 16.6 Å². The third kappa shape index (κ3) is 7.04. The third-order valence-electron chi connectivity index (χ3n) is 6.27. The second-order valence-corrected chi connectivity index (χ2v) is 9.49. The maximum absolute atomic E-state index is 13.6. The Balaban J connectivity index is 1.84. The van der Waals surface area contributed by atoms with Gasteiger partial charge < -0.3 is 25.1 Å². The molecule has 0 aliphatic carbocycles. The van der Waals surface area contributed by atoms with Crippen LogP contribution in [0.1, 0.15) is 62.3 Å². The molecule has 11 nitrogen and oxygen atoms in total. The van der Waals surface area contributed by atoms with Gasteiger partial charge >= 0.3 is 11.9 Å². The standard InChI is InChI=1S/C28H37N5O6/c1-7-38-23(34)12-11-22(28(37)39-8-2)30-27(36)25(16(3)4)31-26(35)24-17(5)32-33(18(24)6)20-9-10-21-19(15-20)13-14-29-21/h9-10,13-16,22,25,29H,7-8,11-12H2,1-6H3,(H,30,36)(H,31,35)/t22-,25-/m0/s1/i/hD. The van der Waals surface area contributed by atoms with Gasteiger partial charge in [-0.3, -0.25) is 14.4 Å². The van der Waals surface area contributed by atoms with Gasteiger partial charge in [0.15, 0.2) is 1.41 Å². The van der Waals surface area contributed by atoms with E-state index in [9.17, 15) is 19.2 Å². The summed E-state index contributed by atoms with van der Waals surface area (Å²) < 4.78 is 20.3. The van der Waals surface area contributed by atoms with Crippen LogP contribution in [0.3, 0.4) is 0 Å². The number of carbonyl (C=O) groups is 4. The van der Waals surface area contributed by atoms with E-state index >= 15 is 0 Å². The quantitative estimate of drug-likeness (QED) is 0.299. The highest BCUT2D eigenvalue weighted by Gasteiger charge is 2.31. The summed E-state index contributed by atoms with van der Waals surface area (Å²) in [5.74, 6) is -3.10. The van der Waals surface area contributed by atoms with Crippen molar-refractivity contribution in [2.45, 2.75) is 66.5 Å². The molecule has 3 N–H and O–H groups in total. The van der Waals surface area contributed by atoms with Crippen molar-refractivity contribution in [1.82, 2.24) is 25.4 Å². The molecule has 1 aromatic carbocycles. The zero-order valence-corrected chi connectivity index (χ0v) is 23.2. The fraction of sp³-hybridized carbons (Fsp3) is 0.464. The number of aromatic amines is 1. The van der Waals surface area contributed by atoms with E-state index in [-0.39, 0.29) is 31.6 Å². The van der Waals surface area contributed by atoms with Crippen LogP contribution in [0, 0.1) is 19.8 Å².